The van der Waals surface area contributed by atoms with E-state index in [-0.39, 0.29) is 5.75 Å². The molecule has 2 N–H and O–H groups in total. The van der Waals surface area contributed by atoms with E-state index in [0.29, 0.717) is 18.8 Å². The van der Waals surface area contributed by atoms with Crippen LogP contribution in [0.3, 0.4) is 0 Å². The molecule has 1 fully saturated rings. The van der Waals surface area contributed by atoms with E-state index in [2.05, 4.69) is 4.98 Å². The van der Waals surface area contributed by atoms with Gasteiger partial charge in [0.1, 0.15) is 11.1 Å². The lowest BCUT2D eigenvalue weighted by molar-refractivity contribution is 0.530. The van der Waals surface area contributed by atoms with Crippen molar-refractivity contribution in [2.45, 2.75) is 44.5 Å². The van der Waals surface area contributed by atoms with Crippen LogP contribution in [0, 0.1) is 0 Å². The summed E-state index contributed by atoms with van der Waals surface area (Å²) in [6, 6.07) is 5.93. The van der Waals surface area contributed by atoms with Gasteiger partial charge >= 0.3 is 0 Å². The summed E-state index contributed by atoms with van der Waals surface area (Å²) in [6.07, 6.45) is 2.39. The molecule has 1 unspecified atom stereocenters. The minimum atomic E-state index is -3.08. The number of hydrogen-bond donors (Lipinski definition) is 1. The van der Waals surface area contributed by atoms with Crippen molar-refractivity contribution in [2.24, 2.45) is 5.73 Å². The Morgan fingerprint density at radius 1 is 1.38 bits per heavy atom. The lowest BCUT2D eigenvalue weighted by atomic mass is 10.2. The van der Waals surface area contributed by atoms with E-state index < -0.39 is 15.1 Å². The second-order valence-electron chi connectivity index (χ2n) is 5.59. The van der Waals surface area contributed by atoms with E-state index in [0.717, 1.165) is 36.0 Å². The minimum Gasteiger partial charge on any atom is -0.327 e. The first-order valence-corrected chi connectivity index (χ1v) is 9.19. The fraction of sp³-hybridized carbons (Fsp3) is 0.533. The van der Waals surface area contributed by atoms with Crippen LogP contribution < -0.4 is 5.73 Å². The Labute approximate surface area is 125 Å². The van der Waals surface area contributed by atoms with Gasteiger partial charge in [0, 0.05) is 13.1 Å². The number of nitrogens with zero attached hydrogens (tertiary/aromatic N) is 2. The van der Waals surface area contributed by atoms with Crippen molar-refractivity contribution in [2.75, 3.05) is 5.75 Å². The average Bonchev–Trinajstić information content (AvgIpc) is 2.83. The first-order chi connectivity index (χ1) is 10.1. The van der Waals surface area contributed by atoms with Gasteiger partial charge in [0.2, 0.25) is 0 Å². The highest BCUT2D eigenvalue weighted by Gasteiger charge is 2.34. The lowest BCUT2D eigenvalue weighted by Gasteiger charge is -2.22. The van der Waals surface area contributed by atoms with Gasteiger partial charge in [0.15, 0.2) is 9.84 Å². The van der Waals surface area contributed by atoms with Gasteiger partial charge in [-0.3, -0.25) is 0 Å². The molecule has 0 spiro atoms. The molecule has 1 aliphatic heterocycles. The molecule has 3 rings (SSSR count). The molecule has 2 aromatic rings. The highest BCUT2D eigenvalue weighted by molar-refractivity contribution is 7.91. The van der Waals surface area contributed by atoms with Crippen LogP contribution in [0.1, 0.15) is 42.8 Å². The molecule has 2 heterocycles. The molecular weight excluding hydrogens is 286 g/mol. The summed E-state index contributed by atoms with van der Waals surface area (Å²) < 4.78 is 26.8. The number of fused-ring (bicyclic) bond motifs is 1. The molecule has 0 saturated carbocycles. The monoisotopic (exact) mass is 307 g/mol. The van der Waals surface area contributed by atoms with Gasteiger partial charge in [0.05, 0.1) is 16.8 Å². The number of aryl methyl sites for hydroxylation is 1. The number of imidazole rings is 1. The van der Waals surface area contributed by atoms with Crippen molar-refractivity contribution in [3.63, 3.8) is 0 Å². The maximum absolute atomic E-state index is 12.4. The zero-order chi connectivity index (χ0) is 15.0. The molecule has 0 bridgehead atoms. The molecule has 1 atom stereocenters. The van der Waals surface area contributed by atoms with Crippen molar-refractivity contribution in [3.05, 3.63) is 29.6 Å². The fourth-order valence-corrected chi connectivity index (χ4v) is 5.06. The number of benzene rings is 1. The predicted octanol–water partition coefficient (Wildman–Crippen LogP) is 2.15. The summed E-state index contributed by atoms with van der Waals surface area (Å²) in [5.74, 6) is 0.972. The highest BCUT2D eigenvalue weighted by Crippen LogP contribution is 2.34. The van der Waals surface area contributed by atoms with Crippen LogP contribution in [0.5, 0.6) is 0 Å². The summed E-state index contributed by atoms with van der Waals surface area (Å²) in [5.41, 5.74) is 8.52. The zero-order valence-corrected chi connectivity index (χ0v) is 13.1. The number of rotatable bonds is 3. The van der Waals surface area contributed by atoms with Crippen LogP contribution in [0.2, 0.25) is 0 Å². The van der Waals surface area contributed by atoms with Crippen LogP contribution >= 0.6 is 0 Å². The van der Waals surface area contributed by atoms with Gasteiger partial charge in [-0.2, -0.15) is 0 Å². The molecular formula is C15H21N3O2S. The number of sulfone groups is 1. The van der Waals surface area contributed by atoms with Crippen molar-refractivity contribution in [1.82, 2.24) is 9.55 Å². The van der Waals surface area contributed by atoms with Crippen molar-refractivity contribution < 1.29 is 8.42 Å². The van der Waals surface area contributed by atoms with Crippen molar-refractivity contribution in [1.29, 1.82) is 0 Å². The van der Waals surface area contributed by atoms with Crippen LogP contribution in [-0.2, 0) is 22.9 Å². The number of hydrogen-bond acceptors (Lipinski definition) is 4. The van der Waals surface area contributed by atoms with E-state index in [1.807, 2.05) is 29.7 Å². The normalized spacial score (nSPS) is 21.7. The van der Waals surface area contributed by atoms with Gasteiger partial charge in [-0.25, -0.2) is 13.4 Å². The first-order valence-electron chi connectivity index (χ1n) is 7.47. The molecule has 114 valence electrons. The lowest BCUT2D eigenvalue weighted by Crippen LogP contribution is -2.24. The van der Waals surface area contributed by atoms with Crippen LogP contribution in [0.25, 0.3) is 11.0 Å². The molecule has 0 radical (unpaired) electrons. The molecule has 1 aromatic heterocycles. The zero-order valence-electron chi connectivity index (χ0n) is 12.2. The van der Waals surface area contributed by atoms with Crippen LogP contribution in [-0.4, -0.2) is 23.7 Å². The fourth-order valence-electron chi connectivity index (χ4n) is 3.14. The van der Waals surface area contributed by atoms with Gasteiger partial charge in [-0.15, -0.1) is 0 Å². The van der Waals surface area contributed by atoms with Gasteiger partial charge < -0.3 is 10.3 Å². The minimum absolute atomic E-state index is 0.276. The topological polar surface area (TPSA) is 78.0 Å². The van der Waals surface area contributed by atoms with Crippen molar-refractivity contribution in [3.8, 4) is 0 Å². The second kappa shape index (κ2) is 5.42. The van der Waals surface area contributed by atoms with Crippen LogP contribution in [0.4, 0.5) is 0 Å². The molecule has 1 saturated heterocycles. The smallest absolute Gasteiger partial charge is 0.160 e. The maximum atomic E-state index is 12.4. The Kier molecular flexibility index (Phi) is 3.75. The van der Waals surface area contributed by atoms with E-state index in [9.17, 15) is 8.42 Å². The molecule has 6 heteroatoms. The summed E-state index contributed by atoms with van der Waals surface area (Å²) in [4.78, 5) is 4.64. The Morgan fingerprint density at radius 3 is 2.86 bits per heavy atom. The summed E-state index contributed by atoms with van der Waals surface area (Å²) in [6.45, 7) is 3.21. The predicted molar refractivity (Wildman–Crippen MR) is 83.7 cm³/mol. The number of aromatic nitrogens is 2. The Morgan fingerprint density at radius 2 is 2.19 bits per heavy atom. The molecule has 0 amide bonds. The van der Waals surface area contributed by atoms with Crippen molar-refractivity contribution >= 4 is 20.9 Å². The Balaban J connectivity index is 2.17. The summed E-state index contributed by atoms with van der Waals surface area (Å²) >= 11 is 0. The quantitative estimate of drug-likeness (QED) is 0.942. The molecule has 1 aliphatic rings. The van der Waals surface area contributed by atoms with E-state index in [1.165, 1.54) is 0 Å². The maximum Gasteiger partial charge on any atom is 0.160 e. The van der Waals surface area contributed by atoms with E-state index in [1.54, 1.807) is 0 Å². The summed E-state index contributed by atoms with van der Waals surface area (Å²) in [5, 5.41) is -0.458. The Hall–Kier alpha value is -1.40. The first kappa shape index (κ1) is 14.5. The standard InChI is InChI=1S/C15H21N3O2S/c1-2-18-13-7-6-11(10-16)9-12(13)17-15(18)14-5-3-4-8-21(14,19)20/h6-7,9,14H,2-5,8,10,16H2,1H3. The number of nitrogens with two attached hydrogens (primary N) is 1. The average molecular weight is 307 g/mol. The molecule has 5 nitrogen and oxygen atoms in total. The Bertz CT molecular complexity index is 765. The summed E-state index contributed by atoms with van der Waals surface area (Å²) in [7, 11) is -3.08. The van der Waals surface area contributed by atoms with Crippen LogP contribution in [0.15, 0.2) is 18.2 Å². The third-order valence-corrected chi connectivity index (χ3v) is 6.43. The van der Waals surface area contributed by atoms with E-state index >= 15 is 0 Å². The molecule has 1 aromatic carbocycles. The second-order valence-corrected chi connectivity index (χ2v) is 7.90. The van der Waals surface area contributed by atoms with Gasteiger partial charge in [-0.1, -0.05) is 12.5 Å². The molecule has 21 heavy (non-hydrogen) atoms. The molecule has 0 aliphatic carbocycles. The SMILES string of the molecule is CCn1c(C2CCCCS2(=O)=O)nc2cc(CN)ccc21. The van der Waals surface area contributed by atoms with E-state index in [4.69, 9.17) is 5.73 Å². The highest BCUT2D eigenvalue weighted by atomic mass is 32.2. The largest absolute Gasteiger partial charge is 0.327 e. The third-order valence-electron chi connectivity index (χ3n) is 4.26. The third kappa shape index (κ3) is 2.46. The van der Waals surface area contributed by atoms with Gasteiger partial charge in [-0.05, 0) is 37.5 Å². The van der Waals surface area contributed by atoms with Gasteiger partial charge in [0.25, 0.3) is 0 Å².